The van der Waals surface area contributed by atoms with Gasteiger partial charge >= 0.3 is 0 Å². The van der Waals surface area contributed by atoms with Crippen LogP contribution < -0.4 is 4.72 Å². The van der Waals surface area contributed by atoms with Crippen LogP contribution in [-0.2, 0) is 10.0 Å². The normalized spacial score (nSPS) is 16.1. The van der Waals surface area contributed by atoms with Crippen molar-refractivity contribution in [2.75, 3.05) is 10.5 Å². The molecule has 2 N–H and O–H groups in total. The molecule has 0 atom stereocenters. The molecule has 0 radical (unpaired) electrons. The average molecular weight is 241 g/mol. The number of rotatable bonds is 4. The van der Waals surface area contributed by atoms with Crippen LogP contribution in [0.15, 0.2) is 18.2 Å². The molecule has 0 heterocycles. The maximum Gasteiger partial charge on any atom is 0.233 e. The van der Waals surface area contributed by atoms with Crippen LogP contribution in [0.25, 0.3) is 0 Å². The fraction of sp³-hybridized carbons (Fsp3) is 0.455. The molecule has 0 bridgehead atoms. The lowest BCUT2D eigenvalue weighted by Gasteiger charge is -2.09. The van der Waals surface area contributed by atoms with E-state index >= 15 is 0 Å². The Bertz CT molecular complexity index is 492. The molecule has 2 rings (SSSR count). The Labute approximate surface area is 95.4 Å². The van der Waals surface area contributed by atoms with Gasteiger partial charge in [0.15, 0.2) is 0 Å². The van der Waals surface area contributed by atoms with Crippen LogP contribution in [0.5, 0.6) is 5.75 Å². The van der Waals surface area contributed by atoms with Crippen molar-refractivity contribution in [2.24, 2.45) is 5.92 Å². The molecular weight excluding hydrogens is 226 g/mol. The van der Waals surface area contributed by atoms with Gasteiger partial charge in [-0.2, -0.15) is 0 Å². The number of benzene rings is 1. The van der Waals surface area contributed by atoms with Gasteiger partial charge in [-0.1, -0.05) is 6.07 Å². The molecule has 4 nitrogen and oxygen atoms in total. The summed E-state index contributed by atoms with van der Waals surface area (Å²) in [6.07, 6.45) is 1.97. The number of phenolic OH excluding ortho intramolecular Hbond substituents is 1. The topological polar surface area (TPSA) is 66.4 Å². The zero-order valence-corrected chi connectivity index (χ0v) is 9.92. The van der Waals surface area contributed by atoms with Crippen molar-refractivity contribution < 1.29 is 13.5 Å². The van der Waals surface area contributed by atoms with Crippen molar-refractivity contribution in [3.63, 3.8) is 0 Å². The summed E-state index contributed by atoms with van der Waals surface area (Å²) in [4.78, 5) is 0. The summed E-state index contributed by atoms with van der Waals surface area (Å²) in [6, 6.07) is 4.87. The molecule has 0 unspecified atom stereocenters. The molecule has 1 fully saturated rings. The average Bonchev–Trinajstić information content (AvgIpc) is 2.93. The molecule has 1 aliphatic carbocycles. The van der Waals surface area contributed by atoms with E-state index in [2.05, 4.69) is 4.72 Å². The Morgan fingerprint density at radius 3 is 2.69 bits per heavy atom. The van der Waals surface area contributed by atoms with Gasteiger partial charge in [0.1, 0.15) is 5.75 Å². The number of phenols is 1. The third-order valence-corrected chi connectivity index (χ3v) is 4.01. The Morgan fingerprint density at radius 2 is 2.12 bits per heavy atom. The minimum atomic E-state index is -3.32. The van der Waals surface area contributed by atoms with Crippen molar-refractivity contribution in [2.45, 2.75) is 19.8 Å². The van der Waals surface area contributed by atoms with Crippen LogP contribution >= 0.6 is 0 Å². The molecule has 0 amide bonds. The predicted octanol–water partition coefficient (Wildman–Crippen LogP) is 1.85. The largest absolute Gasteiger partial charge is 0.506 e. The summed E-state index contributed by atoms with van der Waals surface area (Å²) in [5.41, 5.74) is 1.15. The van der Waals surface area contributed by atoms with E-state index < -0.39 is 10.0 Å². The van der Waals surface area contributed by atoms with Gasteiger partial charge in [-0.3, -0.25) is 4.72 Å². The molecule has 1 aliphatic rings. The second kappa shape index (κ2) is 3.97. The molecule has 1 aromatic carbocycles. The van der Waals surface area contributed by atoms with Crippen molar-refractivity contribution >= 4 is 15.7 Å². The number of hydrogen-bond acceptors (Lipinski definition) is 3. The molecule has 88 valence electrons. The fourth-order valence-corrected chi connectivity index (χ4v) is 3.08. The first-order valence-electron chi connectivity index (χ1n) is 5.26. The first-order valence-corrected chi connectivity index (χ1v) is 6.91. The Hall–Kier alpha value is -1.23. The predicted molar refractivity (Wildman–Crippen MR) is 63.0 cm³/mol. The highest BCUT2D eigenvalue weighted by Crippen LogP contribution is 2.32. The summed E-state index contributed by atoms with van der Waals surface area (Å²) in [6.45, 7) is 1.84. The first-order chi connectivity index (χ1) is 7.46. The van der Waals surface area contributed by atoms with Gasteiger partial charge < -0.3 is 5.11 Å². The van der Waals surface area contributed by atoms with E-state index in [-0.39, 0.29) is 17.2 Å². The summed E-state index contributed by atoms with van der Waals surface area (Å²) >= 11 is 0. The summed E-state index contributed by atoms with van der Waals surface area (Å²) in [7, 11) is -3.32. The smallest absolute Gasteiger partial charge is 0.233 e. The molecule has 5 heteroatoms. The maximum absolute atomic E-state index is 11.7. The fourth-order valence-electron chi connectivity index (χ4n) is 1.53. The van der Waals surface area contributed by atoms with E-state index in [0.717, 1.165) is 18.4 Å². The van der Waals surface area contributed by atoms with E-state index in [0.29, 0.717) is 5.92 Å². The van der Waals surface area contributed by atoms with Crippen LogP contribution in [0.2, 0.25) is 0 Å². The van der Waals surface area contributed by atoms with E-state index in [1.807, 2.05) is 6.92 Å². The van der Waals surface area contributed by atoms with Gasteiger partial charge in [-0.25, -0.2) is 8.42 Å². The first kappa shape index (κ1) is 11.3. The van der Waals surface area contributed by atoms with Crippen LogP contribution in [-0.4, -0.2) is 19.3 Å². The molecule has 0 saturated heterocycles. The SMILES string of the molecule is Cc1ccc(NS(=O)(=O)CC2CC2)c(O)c1. The highest BCUT2D eigenvalue weighted by molar-refractivity contribution is 7.92. The molecule has 0 aliphatic heterocycles. The van der Waals surface area contributed by atoms with E-state index in [9.17, 15) is 13.5 Å². The number of nitrogens with one attached hydrogen (secondary N) is 1. The lowest BCUT2D eigenvalue weighted by molar-refractivity contribution is 0.477. The van der Waals surface area contributed by atoms with E-state index in [1.165, 1.54) is 6.07 Å². The van der Waals surface area contributed by atoms with Gasteiger partial charge in [0.25, 0.3) is 0 Å². The molecular formula is C11H15NO3S. The lowest BCUT2D eigenvalue weighted by atomic mass is 10.2. The number of aryl methyl sites for hydroxylation is 1. The minimum absolute atomic E-state index is 0.0284. The number of sulfonamides is 1. The van der Waals surface area contributed by atoms with Crippen LogP contribution in [0.3, 0.4) is 0 Å². The molecule has 1 aromatic rings. The third kappa shape index (κ3) is 2.88. The Balaban J connectivity index is 2.13. The second-order valence-electron chi connectivity index (χ2n) is 4.35. The summed E-state index contributed by atoms with van der Waals surface area (Å²) < 4.78 is 25.7. The zero-order valence-electron chi connectivity index (χ0n) is 9.10. The monoisotopic (exact) mass is 241 g/mol. The van der Waals surface area contributed by atoms with Gasteiger partial charge in [-0.15, -0.1) is 0 Å². The highest BCUT2D eigenvalue weighted by Gasteiger charge is 2.28. The van der Waals surface area contributed by atoms with E-state index in [1.54, 1.807) is 12.1 Å². The second-order valence-corrected chi connectivity index (χ2v) is 6.11. The number of anilines is 1. The molecule has 0 spiro atoms. The lowest BCUT2D eigenvalue weighted by Crippen LogP contribution is -2.17. The quantitative estimate of drug-likeness (QED) is 0.791. The Morgan fingerprint density at radius 1 is 1.44 bits per heavy atom. The van der Waals surface area contributed by atoms with Gasteiger partial charge in [-0.05, 0) is 43.4 Å². The van der Waals surface area contributed by atoms with Crippen molar-refractivity contribution in [3.05, 3.63) is 23.8 Å². The zero-order chi connectivity index (χ0) is 11.8. The van der Waals surface area contributed by atoms with Gasteiger partial charge in [0, 0.05) is 0 Å². The summed E-state index contributed by atoms with van der Waals surface area (Å²) in [5, 5.41) is 9.58. The summed E-state index contributed by atoms with van der Waals surface area (Å²) in [5.74, 6) is 0.421. The standard InChI is InChI=1S/C11H15NO3S/c1-8-2-5-10(11(13)6-8)12-16(14,15)7-9-3-4-9/h2,5-6,9,12-13H,3-4,7H2,1H3. The van der Waals surface area contributed by atoms with E-state index in [4.69, 9.17) is 0 Å². The number of hydrogen-bond donors (Lipinski definition) is 2. The molecule has 1 saturated carbocycles. The van der Waals surface area contributed by atoms with Crippen molar-refractivity contribution in [1.29, 1.82) is 0 Å². The third-order valence-electron chi connectivity index (χ3n) is 2.57. The maximum atomic E-state index is 11.7. The molecule has 16 heavy (non-hydrogen) atoms. The minimum Gasteiger partial charge on any atom is -0.506 e. The van der Waals surface area contributed by atoms with Crippen molar-refractivity contribution in [1.82, 2.24) is 0 Å². The van der Waals surface area contributed by atoms with Crippen LogP contribution in [0.1, 0.15) is 18.4 Å². The van der Waals surface area contributed by atoms with Gasteiger partial charge in [0.05, 0.1) is 11.4 Å². The highest BCUT2D eigenvalue weighted by atomic mass is 32.2. The van der Waals surface area contributed by atoms with Crippen LogP contribution in [0, 0.1) is 12.8 Å². The van der Waals surface area contributed by atoms with Crippen molar-refractivity contribution in [3.8, 4) is 5.75 Å². The van der Waals surface area contributed by atoms with Gasteiger partial charge in [0.2, 0.25) is 10.0 Å². The van der Waals surface area contributed by atoms with Crippen LogP contribution in [0.4, 0.5) is 5.69 Å². The molecule has 0 aromatic heterocycles. The Kier molecular flexibility index (Phi) is 2.80. The number of aromatic hydroxyl groups is 1.